The minimum atomic E-state index is -0.734. The van der Waals surface area contributed by atoms with Gasteiger partial charge in [-0.05, 0) is 39.0 Å². The summed E-state index contributed by atoms with van der Waals surface area (Å²) in [5.41, 5.74) is -2.20. The van der Waals surface area contributed by atoms with Crippen LogP contribution in [0, 0.1) is 0 Å². The molecule has 0 N–H and O–H groups in total. The number of hydrogen-bond acceptors (Lipinski definition) is 3. The van der Waals surface area contributed by atoms with Gasteiger partial charge in [0.2, 0.25) is 0 Å². The molecule has 0 fully saturated rings. The van der Waals surface area contributed by atoms with Gasteiger partial charge >= 0.3 is 17.1 Å². The standard InChI is InChI=1S/C18H21N3O3/c1-4-7-10-13-19-16(22)20(14-11-8-5-2)18(24)21(17(19)23)15-12-9-6-3/h4-15H,1-3H3. The molecule has 1 aromatic heterocycles. The van der Waals surface area contributed by atoms with Crippen LogP contribution in [0.4, 0.5) is 0 Å². The van der Waals surface area contributed by atoms with E-state index >= 15 is 0 Å². The van der Waals surface area contributed by atoms with Crippen LogP contribution in [0.5, 0.6) is 0 Å². The first-order valence-corrected chi connectivity index (χ1v) is 7.46. The van der Waals surface area contributed by atoms with E-state index in [1.54, 1.807) is 54.7 Å². The summed E-state index contributed by atoms with van der Waals surface area (Å²) in [6.45, 7) is 5.43. The lowest BCUT2D eigenvalue weighted by molar-refractivity contribution is 0.708. The van der Waals surface area contributed by atoms with Gasteiger partial charge in [0.15, 0.2) is 0 Å². The molecular formula is C18H21N3O3. The third-order valence-corrected chi connectivity index (χ3v) is 2.85. The molecule has 0 aliphatic rings. The number of nitrogens with zero attached hydrogens (tertiary/aromatic N) is 3. The Hall–Kier alpha value is -3.15. The molecule has 0 saturated heterocycles. The van der Waals surface area contributed by atoms with Crippen LogP contribution in [0.3, 0.4) is 0 Å². The lowest BCUT2D eigenvalue weighted by atomic mass is 10.5. The summed E-state index contributed by atoms with van der Waals surface area (Å²) in [5.74, 6) is 0. The average molecular weight is 327 g/mol. The van der Waals surface area contributed by atoms with Crippen LogP contribution in [0.2, 0.25) is 0 Å². The van der Waals surface area contributed by atoms with Gasteiger partial charge in [0.05, 0.1) is 0 Å². The molecule has 0 bridgehead atoms. The smallest absolute Gasteiger partial charge is 0.247 e. The van der Waals surface area contributed by atoms with Crippen molar-refractivity contribution in [3.63, 3.8) is 0 Å². The van der Waals surface area contributed by atoms with Crippen molar-refractivity contribution in [3.05, 3.63) is 86.1 Å². The Morgan fingerprint density at radius 2 is 0.750 bits per heavy atom. The van der Waals surface area contributed by atoms with Gasteiger partial charge in [-0.15, -0.1) is 0 Å². The van der Waals surface area contributed by atoms with Crippen LogP contribution < -0.4 is 17.1 Å². The highest BCUT2D eigenvalue weighted by Crippen LogP contribution is 1.85. The Labute approximate surface area is 140 Å². The normalized spacial score (nSPS) is 13.1. The number of allylic oxidation sites excluding steroid dienone is 9. The van der Waals surface area contributed by atoms with Crippen LogP contribution in [0.1, 0.15) is 20.8 Å². The second-order valence-corrected chi connectivity index (χ2v) is 4.56. The zero-order valence-electron chi connectivity index (χ0n) is 14.0. The Bertz CT molecular complexity index is 752. The summed E-state index contributed by atoms with van der Waals surface area (Å²) in [5, 5.41) is 0. The molecule has 0 aliphatic heterocycles. The molecule has 0 atom stereocenters. The fourth-order valence-corrected chi connectivity index (χ4v) is 1.72. The molecule has 24 heavy (non-hydrogen) atoms. The van der Waals surface area contributed by atoms with E-state index in [0.29, 0.717) is 0 Å². The van der Waals surface area contributed by atoms with Crippen molar-refractivity contribution in [3.8, 4) is 0 Å². The first-order chi connectivity index (χ1) is 11.6. The molecule has 1 rings (SSSR count). The van der Waals surface area contributed by atoms with E-state index in [-0.39, 0.29) is 0 Å². The lowest BCUT2D eigenvalue weighted by Gasteiger charge is -2.05. The number of aromatic nitrogens is 3. The third-order valence-electron chi connectivity index (χ3n) is 2.85. The van der Waals surface area contributed by atoms with Crippen molar-refractivity contribution in [1.29, 1.82) is 0 Å². The highest BCUT2D eigenvalue weighted by Gasteiger charge is 2.10. The Kier molecular flexibility index (Phi) is 7.70. The highest BCUT2D eigenvalue weighted by atomic mass is 16.2. The zero-order chi connectivity index (χ0) is 17.9. The molecule has 0 saturated carbocycles. The highest BCUT2D eigenvalue weighted by molar-refractivity contribution is 5.33. The van der Waals surface area contributed by atoms with E-state index in [0.717, 1.165) is 13.7 Å². The van der Waals surface area contributed by atoms with E-state index in [1.165, 1.54) is 18.6 Å². The fourth-order valence-electron chi connectivity index (χ4n) is 1.72. The van der Waals surface area contributed by atoms with E-state index in [2.05, 4.69) is 0 Å². The summed E-state index contributed by atoms with van der Waals surface area (Å²) in [4.78, 5) is 37.2. The SMILES string of the molecule is CC=CC=Cn1c(=O)n(C=CC=CC)c(=O)n(C=CC=CC)c1=O. The summed E-state index contributed by atoms with van der Waals surface area (Å²) in [6, 6.07) is 0. The van der Waals surface area contributed by atoms with Gasteiger partial charge < -0.3 is 0 Å². The molecule has 0 unspecified atom stereocenters. The van der Waals surface area contributed by atoms with Crippen molar-refractivity contribution < 1.29 is 0 Å². The monoisotopic (exact) mass is 327 g/mol. The molecule has 0 amide bonds. The van der Waals surface area contributed by atoms with Crippen LogP contribution in [-0.4, -0.2) is 13.7 Å². The predicted octanol–water partition coefficient (Wildman–Crippen LogP) is 2.31. The van der Waals surface area contributed by atoms with Gasteiger partial charge in [-0.2, -0.15) is 0 Å². The second-order valence-electron chi connectivity index (χ2n) is 4.56. The van der Waals surface area contributed by atoms with Gasteiger partial charge in [-0.25, -0.2) is 28.1 Å². The maximum Gasteiger partial charge on any atom is 0.344 e. The zero-order valence-corrected chi connectivity index (χ0v) is 14.0. The fraction of sp³-hybridized carbons (Fsp3) is 0.167. The number of hydrogen-bond donors (Lipinski definition) is 0. The molecule has 0 aliphatic carbocycles. The molecule has 0 spiro atoms. The van der Waals surface area contributed by atoms with Crippen molar-refractivity contribution in [1.82, 2.24) is 13.7 Å². The Morgan fingerprint density at radius 1 is 0.500 bits per heavy atom. The van der Waals surface area contributed by atoms with Crippen molar-refractivity contribution in [2.45, 2.75) is 20.8 Å². The average Bonchev–Trinajstić information content (AvgIpc) is 2.57. The van der Waals surface area contributed by atoms with E-state index in [1.807, 2.05) is 20.8 Å². The summed E-state index contributed by atoms with van der Waals surface area (Å²) < 4.78 is 2.63. The Morgan fingerprint density at radius 3 is 0.958 bits per heavy atom. The lowest BCUT2D eigenvalue weighted by Crippen LogP contribution is -2.50. The molecule has 6 heteroatoms. The van der Waals surface area contributed by atoms with Gasteiger partial charge in [-0.1, -0.05) is 36.5 Å². The second kappa shape index (κ2) is 9.78. The molecule has 0 radical (unpaired) electrons. The van der Waals surface area contributed by atoms with Gasteiger partial charge in [0, 0.05) is 18.6 Å². The summed E-state index contributed by atoms with van der Waals surface area (Å²) >= 11 is 0. The third kappa shape index (κ3) is 4.67. The first kappa shape index (κ1) is 18.9. The van der Waals surface area contributed by atoms with E-state index in [9.17, 15) is 14.4 Å². The van der Waals surface area contributed by atoms with Gasteiger partial charge in [0.25, 0.3) is 0 Å². The Balaban J connectivity index is 3.74. The maximum atomic E-state index is 12.4. The topological polar surface area (TPSA) is 66.0 Å². The van der Waals surface area contributed by atoms with E-state index in [4.69, 9.17) is 0 Å². The minimum absolute atomic E-state index is 0.734. The molecule has 1 heterocycles. The van der Waals surface area contributed by atoms with Crippen molar-refractivity contribution in [2.75, 3.05) is 0 Å². The minimum Gasteiger partial charge on any atom is -0.247 e. The van der Waals surface area contributed by atoms with Gasteiger partial charge in [-0.3, -0.25) is 0 Å². The van der Waals surface area contributed by atoms with Crippen LogP contribution >= 0.6 is 0 Å². The molecule has 126 valence electrons. The van der Waals surface area contributed by atoms with Crippen LogP contribution in [-0.2, 0) is 0 Å². The number of rotatable bonds is 6. The quantitative estimate of drug-likeness (QED) is 0.753. The van der Waals surface area contributed by atoms with Crippen LogP contribution in [0.25, 0.3) is 18.6 Å². The molecular weight excluding hydrogens is 306 g/mol. The van der Waals surface area contributed by atoms with Crippen LogP contribution in [0.15, 0.2) is 69.1 Å². The predicted molar refractivity (Wildman–Crippen MR) is 99.7 cm³/mol. The molecule has 0 aromatic carbocycles. The first-order valence-electron chi connectivity index (χ1n) is 7.46. The van der Waals surface area contributed by atoms with Crippen molar-refractivity contribution in [2.24, 2.45) is 0 Å². The largest absolute Gasteiger partial charge is 0.344 e. The van der Waals surface area contributed by atoms with Gasteiger partial charge in [0.1, 0.15) is 0 Å². The summed E-state index contributed by atoms with van der Waals surface area (Å²) in [6.07, 6.45) is 18.9. The summed E-state index contributed by atoms with van der Waals surface area (Å²) in [7, 11) is 0. The molecule has 1 aromatic rings. The maximum absolute atomic E-state index is 12.4. The van der Waals surface area contributed by atoms with E-state index < -0.39 is 17.1 Å². The van der Waals surface area contributed by atoms with Crippen molar-refractivity contribution >= 4 is 18.6 Å². The molecule has 6 nitrogen and oxygen atoms in total.